The molecule has 0 amide bonds. The van der Waals surface area contributed by atoms with E-state index < -0.39 is 0 Å². The van der Waals surface area contributed by atoms with Crippen molar-refractivity contribution in [2.24, 2.45) is 0 Å². The Morgan fingerprint density at radius 1 is 1.22 bits per heavy atom. The van der Waals surface area contributed by atoms with Gasteiger partial charge in [0.05, 0.1) is 13.7 Å². The maximum absolute atomic E-state index is 5.74. The predicted octanol–water partition coefficient (Wildman–Crippen LogP) is 2.14. The number of likely N-dealkylation sites (tertiary alicyclic amines) is 1. The molecule has 18 heavy (non-hydrogen) atoms. The Bertz CT molecular complexity index is 376. The molecule has 100 valence electrons. The lowest BCUT2D eigenvalue weighted by molar-refractivity contribution is 0.254. The van der Waals surface area contributed by atoms with E-state index in [1.807, 2.05) is 18.2 Å². The number of rotatable bonds is 6. The number of hydrogen-bond acceptors (Lipinski definition) is 4. The van der Waals surface area contributed by atoms with Gasteiger partial charge in [-0.3, -0.25) is 0 Å². The van der Waals surface area contributed by atoms with Crippen molar-refractivity contribution in [2.45, 2.75) is 19.3 Å². The van der Waals surface area contributed by atoms with E-state index in [0.717, 1.165) is 24.5 Å². The summed E-state index contributed by atoms with van der Waals surface area (Å²) in [6, 6.07) is 5.47. The zero-order valence-corrected chi connectivity index (χ0v) is 11.0. The van der Waals surface area contributed by atoms with Crippen LogP contribution in [0.3, 0.4) is 0 Å². The summed E-state index contributed by atoms with van der Waals surface area (Å²) < 4.78 is 11.0. The lowest BCUT2D eigenvalue weighted by Gasteiger charge is -2.15. The fraction of sp³-hybridized carbons (Fsp3) is 0.571. The maximum Gasteiger partial charge on any atom is 0.163 e. The summed E-state index contributed by atoms with van der Waals surface area (Å²) in [5, 5.41) is 0. The zero-order valence-electron chi connectivity index (χ0n) is 11.0. The van der Waals surface area contributed by atoms with Crippen molar-refractivity contribution in [3.63, 3.8) is 0 Å². The molecule has 1 aromatic rings. The van der Waals surface area contributed by atoms with E-state index in [1.165, 1.54) is 25.9 Å². The average molecular weight is 250 g/mol. The molecule has 1 aliphatic rings. The highest BCUT2D eigenvalue weighted by atomic mass is 16.5. The van der Waals surface area contributed by atoms with Crippen LogP contribution in [0.2, 0.25) is 0 Å². The van der Waals surface area contributed by atoms with Crippen LogP contribution in [-0.4, -0.2) is 38.3 Å². The van der Waals surface area contributed by atoms with Gasteiger partial charge in [-0.25, -0.2) is 0 Å². The van der Waals surface area contributed by atoms with Crippen LogP contribution < -0.4 is 15.2 Å². The van der Waals surface area contributed by atoms with E-state index in [-0.39, 0.29) is 0 Å². The van der Waals surface area contributed by atoms with Crippen LogP contribution in [0.5, 0.6) is 11.5 Å². The largest absolute Gasteiger partial charge is 0.493 e. The summed E-state index contributed by atoms with van der Waals surface area (Å²) in [7, 11) is 1.64. The van der Waals surface area contributed by atoms with Gasteiger partial charge in [-0.2, -0.15) is 0 Å². The van der Waals surface area contributed by atoms with E-state index in [4.69, 9.17) is 15.2 Å². The van der Waals surface area contributed by atoms with E-state index >= 15 is 0 Å². The topological polar surface area (TPSA) is 47.7 Å². The van der Waals surface area contributed by atoms with Crippen LogP contribution >= 0.6 is 0 Å². The Kier molecular flexibility index (Phi) is 4.70. The predicted molar refractivity (Wildman–Crippen MR) is 73.2 cm³/mol. The van der Waals surface area contributed by atoms with E-state index in [0.29, 0.717) is 12.3 Å². The molecular weight excluding hydrogens is 228 g/mol. The van der Waals surface area contributed by atoms with Crippen LogP contribution in [0.1, 0.15) is 19.3 Å². The summed E-state index contributed by atoms with van der Waals surface area (Å²) >= 11 is 0. The molecule has 0 radical (unpaired) electrons. The minimum Gasteiger partial charge on any atom is -0.493 e. The molecule has 1 fully saturated rings. The van der Waals surface area contributed by atoms with Gasteiger partial charge in [0.25, 0.3) is 0 Å². The first-order chi connectivity index (χ1) is 8.79. The summed E-state index contributed by atoms with van der Waals surface area (Å²) in [4.78, 5) is 2.49. The molecule has 4 heteroatoms. The first-order valence-electron chi connectivity index (χ1n) is 6.58. The van der Waals surface area contributed by atoms with Gasteiger partial charge in [0.1, 0.15) is 0 Å². The van der Waals surface area contributed by atoms with Crippen molar-refractivity contribution in [2.75, 3.05) is 39.1 Å². The molecule has 0 atom stereocenters. The third kappa shape index (κ3) is 3.53. The number of nitrogen functional groups attached to an aromatic ring is 1. The van der Waals surface area contributed by atoms with Gasteiger partial charge in [0.15, 0.2) is 11.5 Å². The molecule has 0 spiro atoms. The number of nitrogens with two attached hydrogens (primary N) is 1. The van der Waals surface area contributed by atoms with Crippen molar-refractivity contribution < 1.29 is 9.47 Å². The molecule has 1 heterocycles. The van der Waals surface area contributed by atoms with Crippen LogP contribution in [-0.2, 0) is 0 Å². The van der Waals surface area contributed by atoms with Crippen LogP contribution in [0.15, 0.2) is 18.2 Å². The second-order valence-electron chi connectivity index (χ2n) is 4.66. The standard InChI is InChI=1S/C14H22N2O2/c1-17-13-6-5-12(15)11-14(13)18-10-4-9-16-7-2-3-8-16/h5-6,11H,2-4,7-10,15H2,1H3. The number of nitrogens with zero attached hydrogens (tertiary/aromatic N) is 1. The van der Waals surface area contributed by atoms with Crippen molar-refractivity contribution in [1.29, 1.82) is 0 Å². The molecule has 0 aliphatic carbocycles. The van der Waals surface area contributed by atoms with Gasteiger partial charge in [-0.05, 0) is 44.5 Å². The Morgan fingerprint density at radius 3 is 2.72 bits per heavy atom. The van der Waals surface area contributed by atoms with Crippen LogP contribution in [0.4, 0.5) is 5.69 Å². The van der Waals surface area contributed by atoms with Crippen LogP contribution in [0.25, 0.3) is 0 Å². The Morgan fingerprint density at radius 2 is 2.00 bits per heavy atom. The van der Waals surface area contributed by atoms with Gasteiger partial charge >= 0.3 is 0 Å². The molecule has 2 rings (SSSR count). The second-order valence-corrected chi connectivity index (χ2v) is 4.66. The normalized spacial score (nSPS) is 15.8. The van der Waals surface area contributed by atoms with Crippen molar-refractivity contribution in [1.82, 2.24) is 4.90 Å². The van der Waals surface area contributed by atoms with E-state index in [9.17, 15) is 0 Å². The highest BCUT2D eigenvalue weighted by Crippen LogP contribution is 2.29. The molecule has 4 nitrogen and oxygen atoms in total. The highest BCUT2D eigenvalue weighted by molar-refractivity contribution is 5.51. The fourth-order valence-electron chi connectivity index (χ4n) is 2.28. The smallest absolute Gasteiger partial charge is 0.163 e. The highest BCUT2D eigenvalue weighted by Gasteiger charge is 2.10. The van der Waals surface area contributed by atoms with Gasteiger partial charge < -0.3 is 20.1 Å². The minimum absolute atomic E-state index is 0.699. The maximum atomic E-state index is 5.74. The summed E-state index contributed by atoms with van der Waals surface area (Å²) in [5.41, 5.74) is 6.44. The first kappa shape index (κ1) is 13.0. The SMILES string of the molecule is COc1ccc(N)cc1OCCCN1CCCC1. The van der Waals surface area contributed by atoms with Gasteiger partial charge in [0, 0.05) is 18.3 Å². The number of benzene rings is 1. The zero-order chi connectivity index (χ0) is 12.8. The molecule has 1 saturated heterocycles. The molecule has 1 aromatic carbocycles. The third-order valence-corrected chi connectivity index (χ3v) is 3.26. The Labute approximate surface area is 109 Å². The van der Waals surface area contributed by atoms with Crippen molar-refractivity contribution in [3.8, 4) is 11.5 Å². The molecule has 0 saturated carbocycles. The van der Waals surface area contributed by atoms with Crippen LogP contribution in [0, 0.1) is 0 Å². The molecule has 0 unspecified atom stereocenters. The molecule has 0 aromatic heterocycles. The Hall–Kier alpha value is -1.42. The summed E-state index contributed by atoms with van der Waals surface area (Å²) in [5.74, 6) is 1.48. The number of methoxy groups -OCH3 is 1. The van der Waals surface area contributed by atoms with E-state index in [1.54, 1.807) is 7.11 Å². The van der Waals surface area contributed by atoms with E-state index in [2.05, 4.69) is 4.90 Å². The lowest BCUT2D eigenvalue weighted by Crippen LogP contribution is -2.21. The number of hydrogen-bond donors (Lipinski definition) is 1. The second kappa shape index (κ2) is 6.50. The minimum atomic E-state index is 0.699. The molecular formula is C14H22N2O2. The van der Waals surface area contributed by atoms with Gasteiger partial charge in [0.2, 0.25) is 0 Å². The monoisotopic (exact) mass is 250 g/mol. The summed E-state index contributed by atoms with van der Waals surface area (Å²) in [6.45, 7) is 4.30. The quantitative estimate of drug-likeness (QED) is 0.621. The Balaban J connectivity index is 1.76. The van der Waals surface area contributed by atoms with Gasteiger partial charge in [-0.1, -0.05) is 0 Å². The lowest BCUT2D eigenvalue weighted by atomic mass is 10.3. The fourth-order valence-corrected chi connectivity index (χ4v) is 2.28. The average Bonchev–Trinajstić information content (AvgIpc) is 2.88. The number of ether oxygens (including phenoxy) is 2. The number of anilines is 1. The van der Waals surface area contributed by atoms with Gasteiger partial charge in [-0.15, -0.1) is 0 Å². The first-order valence-corrected chi connectivity index (χ1v) is 6.58. The molecule has 2 N–H and O–H groups in total. The third-order valence-electron chi connectivity index (χ3n) is 3.26. The van der Waals surface area contributed by atoms with Crippen molar-refractivity contribution in [3.05, 3.63) is 18.2 Å². The summed E-state index contributed by atoms with van der Waals surface area (Å²) in [6.07, 6.45) is 3.71. The molecule has 1 aliphatic heterocycles. The van der Waals surface area contributed by atoms with Crippen molar-refractivity contribution >= 4 is 5.69 Å². The molecule has 0 bridgehead atoms.